The summed E-state index contributed by atoms with van der Waals surface area (Å²) < 4.78 is 4.91. The molecular formula is C25H37N5O5. The molecule has 1 aromatic carbocycles. The second-order valence-electron chi connectivity index (χ2n) is 10.0. The van der Waals surface area contributed by atoms with Gasteiger partial charge in [0.25, 0.3) is 5.91 Å². The number of primary amides is 1. The highest BCUT2D eigenvalue weighted by atomic mass is 16.6. The molecule has 1 heterocycles. The van der Waals surface area contributed by atoms with E-state index in [0.717, 1.165) is 24.8 Å². The molecule has 35 heavy (non-hydrogen) atoms. The molecule has 0 spiro atoms. The first-order chi connectivity index (χ1) is 16.5. The number of nitrogens with two attached hydrogens (primary N) is 1. The lowest BCUT2D eigenvalue weighted by Gasteiger charge is -2.39. The van der Waals surface area contributed by atoms with Gasteiger partial charge in [0.15, 0.2) is 5.60 Å². The third-order valence-corrected chi connectivity index (χ3v) is 6.64. The Kier molecular flexibility index (Phi) is 8.37. The Labute approximate surface area is 206 Å². The van der Waals surface area contributed by atoms with Gasteiger partial charge in [0, 0.05) is 19.6 Å². The molecule has 4 amide bonds. The summed E-state index contributed by atoms with van der Waals surface area (Å²) >= 11 is 0. The van der Waals surface area contributed by atoms with Crippen LogP contribution in [0.4, 0.5) is 4.79 Å². The first-order valence-corrected chi connectivity index (χ1v) is 12.2. The van der Waals surface area contributed by atoms with Crippen LogP contribution < -0.4 is 21.7 Å². The molecule has 10 nitrogen and oxygen atoms in total. The zero-order chi connectivity index (χ0) is 25.8. The smallest absolute Gasteiger partial charge is 0.405 e. The second kappa shape index (κ2) is 11.1. The molecule has 0 radical (unpaired) electrons. The fourth-order valence-electron chi connectivity index (χ4n) is 4.68. The molecular weight excluding hydrogens is 450 g/mol. The van der Waals surface area contributed by atoms with Gasteiger partial charge < -0.3 is 31.3 Å². The van der Waals surface area contributed by atoms with Gasteiger partial charge in [-0.3, -0.25) is 14.4 Å². The van der Waals surface area contributed by atoms with Gasteiger partial charge in [0.05, 0.1) is 6.04 Å². The maximum atomic E-state index is 13.6. The average molecular weight is 488 g/mol. The highest BCUT2D eigenvalue weighted by Crippen LogP contribution is 2.29. The predicted molar refractivity (Wildman–Crippen MR) is 130 cm³/mol. The largest absolute Gasteiger partial charge is 0.434 e. The molecule has 192 valence electrons. The number of hydrogen-bond acceptors (Lipinski definition) is 6. The number of aryl methyl sites for hydroxylation is 1. The predicted octanol–water partition coefficient (Wildman–Crippen LogP) is 0.995. The maximum Gasteiger partial charge on any atom is 0.405 e. The van der Waals surface area contributed by atoms with E-state index in [9.17, 15) is 19.2 Å². The Hall–Kier alpha value is -3.14. The fourth-order valence-corrected chi connectivity index (χ4v) is 4.68. The lowest BCUT2D eigenvalue weighted by molar-refractivity contribution is -0.148. The zero-order valence-corrected chi connectivity index (χ0v) is 20.9. The van der Waals surface area contributed by atoms with Gasteiger partial charge >= 0.3 is 6.09 Å². The quantitative estimate of drug-likeness (QED) is 0.452. The minimum atomic E-state index is -1.55. The molecule has 0 unspecified atom stereocenters. The molecule has 3 atom stereocenters. The fraction of sp³-hybridized carbons (Fsp3) is 0.600. The number of carbonyl (C=O) groups is 4. The van der Waals surface area contributed by atoms with Crippen molar-refractivity contribution in [2.75, 3.05) is 19.6 Å². The number of rotatable bonds is 7. The molecule has 10 heteroatoms. The van der Waals surface area contributed by atoms with Crippen LogP contribution in [0.2, 0.25) is 0 Å². The van der Waals surface area contributed by atoms with Crippen molar-refractivity contribution in [2.45, 2.75) is 70.7 Å². The van der Waals surface area contributed by atoms with Gasteiger partial charge in [-0.25, -0.2) is 4.79 Å². The van der Waals surface area contributed by atoms with Crippen LogP contribution >= 0.6 is 0 Å². The lowest BCUT2D eigenvalue weighted by atomic mass is 9.87. The minimum absolute atomic E-state index is 0.0984. The van der Waals surface area contributed by atoms with E-state index in [1.807, 2.05) is 18.2 Å². The van der Waals surface area contributed by atoms with Crippen LogP contribution in [0, 0.1) is 5.92 Å². The van der Waals surface area contributed by atoms with E-state index in [0.29, 0.717) is 19.6 Å². The van der Waals surface area contributed by atoms with Crippen molar-refractivity contribution in [3.05, 3.63) is 35.4 Å². The van der Waals surface area contributed by atoms with Crippen molar-refractivity contribution in [1.29, 1.82) is 0 Å². The van der Waals surface area contributed by atoms with Gasteiger partial charge in [-0.15, -0.1) is 0 Å². The Morgan fingerprint density at radius 3 is 2.60 bits per heavy atom. The summed E-state index contributed by atoms with van der Waals surface area (Å²) in [5.41, 5.74) is 5.89. The van der Waals surface area contributed by atoms with Gasteiger partial charge in [-0.05, 0) is 50.2 Å². The third kappa shape index (κ3) is 6.30. The number of ether oxygens (including phenoxy) is 1. The van der Waals surface area contributed by atoms with Gasteiger partial charge in [-0.2, -0.15) is 0 Å². The molecule has 2 aliphatic rings. The van der Waals surface area contributed by atoms with Crippen molar-refractivity contribution in [1.82, 2.24) is 20.9 Å². The first kappa shape index (κ1) is 26.5. The number of piperazine rings is 1. The first-order valence-electron chi connectivity index (χ1n) is 12.2. The van der Waals surface area contributed by atoms with E-state index in [1.165, 1.54) is 24.3 Å². The number of nitrogens with zero attached hydrogens (tertiary/aromatic N) is 1. The van der Waals surface area contributed by atoms with Crippen molar-refractivity contribution < 1.29 is 23.9 Å². The average Bonchev–Trinajstić information content (AvgIpc) is 2.81. The highest BCUT2D eigenvalue weighted by molar-refractivity contribution is 5.94. The topological polar surface area (TPSA) is 143 Å². The number of hydrogen-bond donors (Lipinski definition) is 4. The van der Waals surface area contributed by atoms with Crippen LogP contribution in [0.1, 0.15) is 57.7 Å². The number of benzene rings is 1. The van der Waals surface area contributed by atoms with E-state index in [2.05, 4.69) is 22.0 Å². The van der Waals surface area contributed by atoms with Crippen LogP contribution in [0.25, 0.3) is 0 Å². The molecule has 5 N–H and O–H groups in total. The molecule has 1 saturated heterocycles. The summed E-state index contributed by atoms with van der Waals surface area (Å²) in [5.74, 6) is -1.48. The normalized spacial score (nSPS) is 21.0. The monoisotopic (exact) mass is 487 g/mol. The van der Waals surface area contributed by atoms with Crippen LogP contribution in [0.3, 0.4) is 0 Å². The molecule has 1 aromatic rings. The standard InChI is InChI=1S/C25H37N5O5/c1-15(2)20(29-23(33)25(3,4)35-24(26)34)22(32)30-13-12-27-14-19(30)21(31)28-18-11-7-9-16-8-5-6-10-17(16)18/h5-6,8,10,15,18-20,27H,7,9,11-14H2,1-4H3,(H2,26,34)(H,28,31)(H,29,33)/t18-,19+,20+/m1/s1. The van der Waals surface area contributed by atoms with Crippen LogP contribution in [-0.4, -0.2) is 66.0 Å². The second-order valence-corrected chi connectivity index (χ2v) is 10.0. The summed E-state index contributed by atoms with van der Waals surface area (Å²) in [4.78, 5) is 52.5. The SMILES string of the molecule is CC(C)[C@H](NC(=O)C(C)(C)OC(N)=O)C(=O)N1CCNC[C@H]1C(=O)N[C@@H]1CCCc2ccccc21. The summed E-state index contributed by atoms with van der Waals surface area (Å²) in [6, 6.07) is 6.40. The van der Waals surface area contributed by atoms with E-state index in [-0.39, 0.29) is 23.8 Å². The van der Waals surface area contributed by atoms with E-state index in [1.54, 1.807) is 13.8 Å². The van der Waals surface area contributed by atoms with E-state index >= 15 is 0 Å². The summed E-state index contributed by atoms with van der Waals surface area (Å²) in [7, 11) is 0. The van der Waals surface area contributed by atoms with Crippen LogP contribution in [-0.2, 0) is 25.5 Å². The minimum Gasteiger partial charge on any atom is -0.434 e. The van der Waals surface area contributed by atoms with Crippen LogP contribution in [0.5, 0.6) is 0 Å². The Morgan fingerprint density at radius 1 is 1.20 bits per heavy atom. The Morgan fingerprint density at radius 2 is 1.91 bits per heavy atom. The number of carbonyl (C=O) groups excluding carboxylic acids is 4. The van der Waals surface area contributed by atoms with E-state index in [4.69, 9.17) is 10.5 Å². The van der Waals surface area contributed by atoms with Crippen molar-refractivity contribution in [3.63, 3.8) is 0 Å². The Balaban J connectivity index is 1.74. The van der Waals surface area contributed by atoms with E-state index < -0.39 is 29.7 Å². The summed E-state index contributed by atoms with van der Waals surface area (Å²) in [5, 5.41) is 9.05. The molecule has 0 saturated carbocycles. The molecule has 3 rings (SSSR count). The van der Waals surface area contributed by atoms with Gasteiger partial charge in [0.2, 0.25) is 11.8 Å². The molecule has 0 aromatic heterocycles. The van der Waals surface area contributed by atoms with Gasteiger partial charge in [-0.1, -0.05) is 38.1 Å². The number of nitrogens with one attached hydrogen (secondary N) is 3. The molecule has 0 bridgehead atoms. The summed E-state index contributed by atoms with van der Waals surface area (Å²) in [6.45, 7) is 7.61. The molecule has 1 aliphatic heterocycles. The maximum absolute atomic E-state index is 13.6. The highest BCUT2D eigenvalue weighted by Gasteiger charge is 2.40. The van der Waals surface area contributed by atoms with Gasteiger partial charge in [0.1, 0.15) is 12.1 Å². The van der Waals surface area contributed by atoms with Crippen LogP contribution in [0.15, 0.2) is 24.3 Å². The number of amides is 4. The molecule has 1 fully saturated rings. The number of fused-ring (bicyclic) bond motifs is 1. The van der Waals surface area contributed by atoms with Crippen molar-refractivity contribution in [3.8, 4) is 0 Å². The Bertz CT molecular complexity index is 963. The zero-order valence-electron chi connectivity index (χ0n) is 20.9. The lowest BCUT2D eigenvalue weighted by Crippen LogP contribution is -2.64. The molecule has 1 aliphatic carbocycles. The van der Waals surface area contributed by atoms with Crippen molar-refractivity contribution in [2.24, 2.45) is 11.7 Å². The summed E-state index contributed by atoms with van der Waals surface area (Å²) in [6.07, 6.45) is 1.74. The third-order valence-electron chi connectivity index (χ3n) is 6.64. The van der Waals surface area contributed by atoms with Crippen molar-refractivity contribution >= 4 is 23.8 Å².